The van der Waals surface area contributed by atoms with Crippen molar-refractivity contribution in [1.29, 1.82) is 0 Å². The fourth-order valence-electron chi connectivity index (χ4n) is 5.29. The number of hydrogen-bond donors (Lipinski definition) is 3. The number of β-amino-alcohol motifs (C(OH)–C–C–N with tert-alkyl or cyclic N) is 1. The Hall–Kier alpha value is -2.73. The molecule has 2 aromatic rings. The van der Waals surface area contributed by atoms with Crippen molar-refractivity contribution in [3.63, 3.8) is 0 Å². The highest BCUT2D eigenvalue weighted by atomic mass is 32.2. The number of carboxylic acid groups (broad SMARTS) is 1. The van der Waals surface area contributed by atoms with Crippen LogP contribution in [0.1, 0.15) is 61.8 Å². The van der Waals surface area contributed by atoms with Crippen molar-refractivity contribution in [2.75, 3.05) is 20.1 Å². The topological polar surface area (TPSA) is 107 Å². The van der Waals surface area contributed by atoms with Gasteiger partial charge in [0.1, 0.15) is 0 Å². The zero-order valence-corrected chi connectivity index (χ0v) is 24.4. The molecule has 0 amide bonds. The summed E-state index contributed by atoms with van der Waals surface area (Å²) < 4.78 is 68.4. The van der Waals surface area contributed by atoms with E-state index in [4.69, 9.17) is 5.11 Å². The van der Waals surface area contributed by atoms with Crippen molar-refractivity contribution in [3.05, 3.63) is 70.8 Å². The van der Waals surface area contributed by atoms with Crippen molar-refractivity contribution in [1.82, 2.24) is 9.62 Å². The van der Waals surface area contributed by atoms with Crippen LogP contribution in [-0.2, 0) is 33.8 Å². The van der Waals surface area contributed by atoms with Crippen LogP contribution in [0.15, 0.2) is 53.4 Å². The third-order valence-corrected chi connectivity index (χ3v) is 9.14. The van der Waals surface area contributed by atoms with Crippen molar-refractivity contribution < 1.29 is 36.6 Å². The number of sulfonamides is 1. The molecule has 1 atom stereocenters. The summed E-state index contributed by atoms with van der Waals surface area (Å²) in [5.41, 5.74) is 1.07. The summed E-state index contributed by atoms with van der Waals surface area (Å²) in [6.45, 7) is 3.88. The van der Waals surface area contributed by atoms with Crippen LogP contribution in [0.4, 0.5) is 13.2 Å². The summed E-state index contributed by atoms with van der Waals surface area (Å²) in [5.74, 6) is -0.534. The Morgan fingerprint density at radius 1 is 1.15 bits per heavy atom. The highest BCUT2D eigenvalue weighted by Gasteiger charge is 2.35. The highest BCUT2D eigenvalue weighted by Crippen LogP contribution is 2.35. The van der Waals surface area contributed by atoms with Crippen molar-refractivity contribution >= 4 is 22.1 Å². The lowest BCUT2D eigenvalue weighted by Crippen LogP contribution is -2.47. The number of carbonyl (C=O) groups is 1. The van der Waals surface area contributed by atoms with Crippen molar-refractivity contribution in [2.24, 2.45) is 5.92 Å². The predicted octanol–water partition coefficient (Wildman–Crippen LogP) is 5.13. The molecule has 1 aliphatic rings. The van der Waals surface area contributed by atoms with Crippen LogP contribution in [-0.4, -0.2) is 60.7 Å². The van der Waals surface area contributed by atoms with E-state index in [1.54, 1.807) is 0 Å². The molecule has 226 valence electrons. The number of fused-ring (bicyclic) bond motifs is 1. The van der Waals surface area contributed by atoms with Gasteiger partial charge in [-0.3, -0.25) is 4.79 Å². The Bertz CT molecular complexity index is 1320. The fraction of sp³-hybridized carbons (Fsp3) is 0.500. The maximum Gasteiger partial charge on any atom is 0.417 e. The average Bonchev–Trinajstić information content (AvgIpc) is 3.28. The van der Waals surface area contributed by atoms with Gasteiger partial charge in [-0.2, -0.15) is 17.5 Å². The molecule has 2 aromatic carbocycles. The Balaban J connectivity index is 1.60. The number of allylic oxidation sites excluding steroid dienone is 1. The first kappa shape index (κ1) is 32.8. The molecule has 0 bridgehead atoms. The van der Waals surface area contributed by atoms with Crippen LogP contribution in [0.2, 0.25) is 0 Å². The van der Waals surface area contributed by atoms with Crippen molar-refractivity contribution in [2.45, 2.75) is 75.1 Å². The van der Waals surface area contributed by atoms with Gasteiger partial charge in [-0.25, -0.2) is 8.42 Å². The first-order valence-electron chi connectivity index (χ1n) is 13.6. The molecular formula is C30H39F3N2O5S. The summed E-state index contributed by atoms with van der Waals surface area (Å²) in [5, 5.41) is 22.6. The van der Waals surface area contributed by atoms with Crippen LogP contribution in [0.3, 0.4) is 0 Å². The fourth-order valence-corrected chi connectivity index (χ4v) is 6.52. The van der Waals surface area contributed by atoms with Crippen LogP contribution < -0.4 is 5.32 Å². The lowest BCUT2D eigenvalue weighted by molar-refractivity contribution is -0.138. The van der Waals surface area contributed by atoms with Crippen LogP contribution in [0, 0.1) is 5.92 Å². The quantitative estimate of drug-likeness (QED) is 0.261. The molecule has 41 heavy (non-hydrogen) atoms. The zero-order chi connectivity index (χ0) is 30.4. The number of halogens is 3. The second-order valence-corrected chi connectivity index (χ2v) is 13.4. The first-order chi connectivity index (χ1) is 19.1. The predicted molar refractivity (Wildman–Crippen MR) is 152 cm³/mol. The lowest BCUT2D eigenvalue weighted by Gasteiger charge is -2.31. The lowest BCUT2D eigenvalue weighted by atomic mass is 9.88. The van der Waals surface area contributed by atoms with Gasteiger partial charge in [-0.05, 0) is 80.7 Å². The van der Waals surface area contributed by atoms with Gasteiger partial charge in [0.05, 0.1) is 16.6 Å². The molecule has 3 N–H and O–H groups in total. The van der Waals surface area contributed by atoms with E-state index in [0.29, 0.717) is 12.0 Å². The molecule has 1 unspecified atom stereocenters. The molecule has 0 aliphatic heterocycles. The molecule has 0 aromatic heterocycles. The molecular weight excluding hydrogens is 557 g/mol. The third-order valence-electron chi connectivity index (χ3n) is 7.32. The van der Waals surface area contributed by atoms with E-state index in [2.05, 4.69) is 17.4 Å². The SMILES string of the molecule is CN(CC(O)CNC(C)(C)CC1Cc2ccccc2C1)S(=O)(=O)c1ccc(C=CCCCC(=O)O)c(C(F)(F)F)c1. The standard InChI is InChI=1S/C30H39F3N2O5S/c1-29(2,18-21-15-23-10-7-8-11-24(23)16-21)34-19-25(36)20-35(3)41(39,40)26-14-13-22(27(17-26)30(31,32)33)9-5-4-6-12-28(37)38/h5,7-11,13-14,17,21,25,34,36H,4,6,12,15-16,18-20H2,1-3H3,(H,37,38). The number of nitrogens with zero attached hydrogens (tertiary/aromatic N) is 1. The molecule has 7 nitrogen and oxygen atoms in total. The molecule has 0 fully saturated rings. The summed E-state index contributed by atoms with van der Waals surface area (Å²) >= 11 is 0. The minimum absolute atomic E-state index is 0.103. The largest absolute Gasteiger partial charge is 0.481 e. The Kier molecular flexibility index (Phi) is 10.8. The molecule has 0 radical (unpaired) electrons. The number of aliphatic hydroxyl groups is 1. The van der Waals surface area contributed by atoms with E-state index in [9.17, 15) is 31.5 Å². The average molecular weight is 597 g/mol. The van der Waals surface area contributed by atoms with Gasteiger partial charge in [-0.15, -0.1) is 0 Å². The highest BCUT2D eigenvalue weighted by molar-refractivity contribution is 7.89. The molecule has 1 aliphatic carbocycles. The number of alkyl halides is 3. The van der Waals surface area contributed by atoms with Crippen LogP contribution in [0.25, 0.3) is 6.08 Å². The molecule has 3 rings (SSSR count). The number of nitrogens with one attached hydrogen (secondary N) is 1. The van der Waals surface area contributed by atoms with E-state index in [1.165, 1.54) is 30.3 Å². The van der Waals surface area contributed by atoms with E-state index in [0.717, 1.165) is 35.7 Å². The monoisotopic (exact) mass is 596 g/mol. The molecule has 0 saturated carbocycles. The second kappa shape index (κ2) is 13.5. The van der Waals surface area contributed by atoms with Gasteiger partial charge in [0.15, 0.2) is 0 Å². The molecule has 11 heteroatoms. The van der Waals surface area contributed by atoms with Crippen LogP contribution >= 0.6 is 0 Å². The van der Waals surface area contributed by atoms with E-state index < -0.39 is 38.7 Å². The van der Waals surface area contributed by atoms with E-state index in [1.807, 2.05) is 26.0 Å². The number of likely N-dealkylation sites (N-methyl/N-ethyl adjacent to an activating group) is 1. The van der Waals surface area contributed by atoms with Crippen LogP contribution in [0.5, 0.6) is 0 Å². The summed E-state index contributed by atoms with van der Waals surface area (Å²) in [6.07, 6.45) is 0.0456. The Morgan fingerprint density at radius 2 is 1.78 bits per heavy atom. The van der Waals surface area contributed by atoms with Gasteiger partial charge in [-0.1, -0.05) is 42.5 Å². The molecule has 0 spiro atoms. The minimum Gasteiger partial charge on any atom is -0.481 e. The number of aliphatic hydroxyl groups excluding tert-OH is 1. The Morgan fingerprint density at radius 3 is 2.37 bits per heavy atom. The van der Waals surface area contributed by atoms with Crippen molar-refractivity contribution in [3.8, 4) is 0 Å². The van der Waals surface area contributed by atoms with Gasteiger partial charge in [0.25, 0.3) is 0 Å². The molecule has 0 saturated heterocycles. The first-order valence-corrected chi connectivity index (χ1v) is 15.1. The van der Waals surface area contributed by atoms with Gasteiger partial charge < -0.3 is 15.5 Å². The maximum atomic E-state index is 13.8. The van der Waals surface area contributed by atoms with E-state index in [-0.39, 0.29) is 43.5 Å². The summed E-state index contributed by atoms with van der Waals surface area (Å²) in [4.78, 5) is 10.1. The third kappa shape index (κ3) is 9.39. The summed E-state index contributed by atoms with van der Waals surface area (Å²) in [7, 11) is -3.09. The Labute approximate surface area is 240 Å². The maximum absolute atomic E-state index is 13.8. The molecule has 0 heterocycles. The minimum atomic E-state index is -4.81. The normalized spacial score (nSPS) is 15.5. The zero-order valence-electron chi connectivity index (χ0n) is 23.6. The number of carboxylic acids is 1. The number of rotatable bonds is 14. The van der Waals surface area contributed by atoms with E-state index >= 15 is 0 Å². The number of hydrogen-bond acceptors (Lipinski definition) is 5. The van der Waals surface area contributed by atoms with Gasteiger partial charge >= 0.3 is 12.1 Å². The smallest absolute Gasteiger partial charge is 0.417 e. The number of unbranched alkanes of at least 4 members (excludes halogenated alkanes) is 1. The number of aliphatic carboxylic acids is 1. The summed E-state index contributed by atoms with van der Waals surface area (Å²) in [6, 6.07) is 11.1. The van der Waals surface area contributed by atoms with Gasteiger partial charge in [0.2, 0.25) is 10.0 Å². The van der Waals surface area contributed by atoms with Gasteiger partial charge in [0, 0.05) is 32.1 Å². The number of benzene rings is 2. The second-order valence-electron chi connectivity index (χ2n) is 11.4.